The van der Waals surface area contributed by atoms with Gasteiger partial charge in [0, 0.05) is 6.42 Å². The molecule has 0 aliphatic carbocycles. The lowest BCUT2D eigenvalue weighted by molar-refractivity contribution is 0.259. The van der Waals surface area contributed by atoms with Gasteiger partial charge in [-0.3, -0.25) is 0 Å². The van der Waals surface area contributed by atoms with Crippen molar-refractivity contribution >= 4 is 16.5 Å². The largest absolute Gasteiger partial charge is 0.374 e. The number of rotatable bonds is 2. The molecular weight excluding hydrogens is 182 g/mol. The SMILES string of the molecule is CC(Cc1nnc(N)s1)C(C)(C)C. The van der Waals surface area contributed by atoms with Gasteiger partial charge < -0.3 is 5.73 Å². The molecule has 74 valence electrons. The van der Waals surface area contributed by atoms with Crippen molar-refractivity contribution in [2.75, 3.05) is 5.73 Å². The zero-order valence-corrected chi connectivity index (χ0v) is 9.48. The van der Waals surface area contributed by atoms with Crippen LogP contribution in [0.15, 0.2) is 0 Å². The van der Waals surface area contributed by atoms with Crippen LogP contribution in [0.3, 0.4) is 0 Å². The molecule has 0 radical (unpaired) electrons. The van der Waals surface area contributed by atoms with Crippen LogP contribution < -0.4 is 5.73 Å². The van der Waals surface area contributed by atoms with Gasteiger partial charge in [-0.1, -0.05) is 39.0 Å². The molecule has 0 aliphatic rings. The highest BCUT2D eigenvalue weighted by atomic mass is 32.1. The summed E-state index contributed by atoms with van der Waals surface area (Å²) in [5.74, 6) is 0.597. The minimum atomic E-state index is 0.320. The predicted molar refractivity (Wildman–Crippen MR) is 56.6 cm³/mol. The summed E-state index contributed by atoms with van der Waals surface area (Å²) in [5.41, 5.74) is 5.83. The molecule has 13 heavy (non-hydrogen) atoms. The fourth-order valence-corrected chi connectivity index (χ4v) is 1.66. The van der Waals surface area contributed by atoms with E-state index in [0.717, 1.165) is 11.4 Å². The zero-order valence-electron chi connectivity index (χ0n) is 8.66. The number of hydrogen-bond acceptors (Lipinski definition) is 4. The highest BCUT2D eigenvalue weighted by Gasteiger charge is 2.21. The first-order valence-electron chi connectivity index (χ1n) is 4.47. The number of aromatic nitrogens is 2. The van der Waals surface area contributed by atoms with Crippen molar-refractivity contribution in [2.45, 2.75) is 34.1 Å². The Morgan fingerprint density at radius 1 is 1.38 bits per heavy atom. The smallest absolute Gasteiger partial charge is 0.203 e. The first-order valence-corrected chi connectivity index (χ1v) is 5.29. The molecule has 0 aliphatic heterocycles. The van der Waals surface area contributed by atoms with Gasteiger partial charge in [-0.05, 0) is 11.3 Å². The van der Waals surface area contributed by atoms with E-state index >= 15 is 0 Å². The molecule has 1 aromatic heterocycles. The Balaban J connectivity index is 2.60. The second-order valence-corrected chi connectivity index (χ2v) is 5.60. The Morgan fingerprint density at radius 3 is 2.38 bits per heavy atom. The molecule has 0 aromatic carbocycles. The van der Waals surface area contributed by atoms with Crippen LogP contribution in [0, 0.1) is 11.3 Å². The summed E-state index contributed by atoms with van der Waals surface area (Å²) in [6.07, 6.45) is 0.971. The van der Waals surface area contributed by atoms with Crippen LogP contribution in [0.5, 0.6) is 0 Å². The molecule has 0 amide bonds. The van der Waals surface area contributed by atoms with Crippen LogP contribution in [-0.4, -0.2) is 10.2 Å². The van der Waals surface area contributed by atoms with E-state index in [-0.39, 0.29) is 0 Å². The number of anilines is 1. The molecule has 2 N–H and O–H groups in total. The number of nitrogens with two attached hydrogens (primary N) is 1. The van der Waals surface area contributed by atoms with E-state index in [1.807, 2.05) is 0 Å². The maximum absolute atomic E-state index is 5.51. The van der Waals surface area contributed by atoms with Gasteiger partial charge in [0.25, 0.3) is 0 Å². The molecule has 0 fully saturated rings. The Labute approximate surface area is 83.4 Å². The summed E-state index contributed by atoms with van der Waals surface area (Å²) in [7, 11) is 0. The molecule has 0 spiro atoms. The van der Waals surface area contributed by atoms with Gasteiger partial charge >= 0.3 is 0 Å². The molecular formula is C9H17N3S. The van der Waals surface area contributed by atoms with E-state index in [1.54, 1.807) is 0 Å². The minimum absolute atomic E-state index is 0.320. The Bertz CT molecular complexity index is 275. The van der Waals surface area contributed by atoms with E-state index in [4.69, 9.17) is 5.73 Å². The van der Waals surface area contributed by atoms with E-state index < -0.39 is 0 Å². The molecule has 1 atom stereocenters. The normalized spacial score (nSPS) is 14.5. The van der Waals surface area contributed by atoms with Gasteiger partial charge in [-0.2, -0.15) is 0 Å². The molecule has 1 rings (SSSR count). The first-order chi connectivity index (χ1) is 5.89. The fraction of sp³-hybridized carbons (Fsp3) is 0.778. The Hall–Kier alpha value is -0.640. The molecule has 1 heterocycles. The number of hydrogen-bond donors (Lipinski definition) is 1. The molecule has 0 saturated heterocycles. The van der Waals surface area contributed by atoms with Crippen LogP contribution >= 0.6 is 11.3 Å². The van der Waals surface area contributed by atoms with Crippen molar-refractivity contribution in [2.24, 2.45) is 11.3 Å². The molecule has 4 heteroatoms. The van der Waals surface area contributed by atoms with Gasteiger partial charge in [0.05, 0.1) is 0 Å². The quantitative estimate of drug-likeness (QED) is 0.795. The maximum atomic E-state index is 5.51. The summed E-state index contributed by atoms with van der Waals surface area (Å²) in [4.78, 5) is 0. The van der Waals surface area contributed by atoms with Crippen molar-refractivity contribution in [3.8, 4) is 0 Å². The maximum Gasteiger partial charge on any atom is 0.203 e. The predicted octanol–water partition coefficient (Wildman–Crippen LogP) is 2.35. The van der Waals surface area contributed by atoms with Crippen molar-refractivity contribution in [3.05, 3.63) is 5.01 Å². The summed E-state index contributed by atoms with van der Waals surface area (Å²) >= 11 is 1.49. The Morgan fingerprint density at radius 2 is 2.00 bits per heavy atom. The van der Waals surface area contributed by atoms with E-state index in [9.17, 15) is 0 Å². The molecule has 1 unspecified atom stereocenters. The van der Waals surface area contributed by atoms with Gasteiger partial charge in [0.2, 0.25) is 5.13 Å². The van der Waals surface area contributed by atoms with Crippen LogP contribution in [0.25, 0.3) is 0 Å². The highest BCUT2D eigenvalue weighted by molar-refractivity contribution is 7.15. The lowest BCUT2D eigenvalue weighted by Gasteiger charge is -2.26. The lowest BCUT2D eigenvalue weighted by atomic mass is 9.80. The van der Waals surface area contributed by atoms with Gasteiger partial charge in [0.1, 0.15) is 5.01 Å². The third kappa shape index (κ3) is 2.95. The lowest BCUT2D eigenvalue weighted by Crippen LogP contribution is -2.19. The first kappa shape index (κ1) is 10.4. The average Bonchev–Trinajstić information content (AvgIpc) is 2.33. The highest BCUT2D eigenvalue weighted by Crippen LogP contribution is 2.29. The minimum Gasteiger partial charge on any atom is -0.374 e. The average molecular weight is 199 g/mol. The topological polar surface area (TPSA) is 51.8 Å². The van der Waals surface area contributed by atoms with Gasteiger partial charge in [-0.15, -0.1) is 10.2 Å². The second-order valence-electron chi connectivity index (χ2n) is 4.51. The van der Waals surface area contributed by atoms with Crippen LogP contribution in [0.4, 0.5) is 5.13 Å². The van der Waals surface area contributed by atoms with Gasteiger partial charge in [-0.25, -0.2) is 0 Å². The molecule has 0 saturated carbocycles. The number of nitrogen functional groups attached to an aromatic ring is 1. The van der Waals surface area contributed by atoms with Gasteiger partial charge in [0.15, 0.2) is 0 Å². The molecule has 1 aromatic rings. The van der Waals surface area contributed by atoms with Crippen LogP contribution in [0.1, 0.15) is 32.7 Å². The Kier molecular flexibility index (Phi) is 2.91. The zero-order chi connectivity index (χ0) is 10.1. The molecule has 3 nitrogen and oxygen atoms in total. The standard InChI is InChI=1S/C9H17N3S/c1-6(9(2,3)4)5-7-11-12-8(10)13-7/h6H,5H2,1-4H3,(H2,10,12). The summed E-state index contributed by atoms with van der Waals surface area (Å²) in [6, 6.07) is 0. The van der Waals surface area contributed by atoms with E-state index in [2.05, 4.69) is 37.9 Å². The van der Waals surface area contributed by atoms with Crippen LogP contribution in [0.2, 0.25) is 0 Å². The van der Waals surface area contributed by atoms with E-state index in [0.29, 0.717) is 16.5 Å². The third-order valence-corrected chi connectivity index (χ3v) is 3.22. The monoisotopic (exact) mass is 199 g/mol. The molecule has 0 bridgehead atoms. The summed E-state index contributed by atoms with van der Waals surface area (Å²) in [6.45, 7) is 8.95. The van der Waals surface area contributed by atoms with Crippen molar-refractivity contribution in [1.82, 2.24) is 10.2 Å². The van der Waals surface area contributed by atoms with Crippen LogP contribution in [-0.2, 0) is 6.42 Å². The van der Waals surface area contributed by atoms with Crippen molar-refractivity contribution < 1.29 is 0 Å². The summed E-state index contributed by atoms with van der Waals surface area (Å²) < 4.78 is 0. The van der Waals surface area contributed by atoms with E-state index in [1.165, 1.54) is 11.3 Å². The van der Waals surface area contributed by atoms with Crippen molar-refractivity contribution in [3.63, 3.8) is 0 Å². The second kappa shape index (κ2) is 3.62. The summed E-state index contributed by atoms with van der Waals surface area (Å²) in [5, 5.41) is 9.42. The third-order valence-electron chi connectivity index (χ3n) is 2.44. The number of nitrogens with zero attached hydrogens (tertiary/aromatic N) is 2. The van der Waals surface area contributed by atoms with Crippen molar-refractivity contribution in [1.29, 1.82) is 0 Å². The fourth-order valence-electron chi connectivity index (χ4n) is 0.917.